The van der Waals surface area contributed by atoms with Crippen LogP contribution in [0.5, 0.6) is 0 Å². The van der Waals surface area contributed by atoms with Gasteiger partial charge in [-0.15, -0.1) is 0 Å². The number of carbonyl (C=O) groups excluding carboxylic acids is 2. The number of likely N-dealkylation sites (N-methyl/N-ethyl adjacent to an activating group) is 1. The number of benzene rings is 1. The molecular formula is C14H16Cl2N2O5S. The van der Waals surface area contributed by atoms with E-state index in [0.717, 1.165) is 0 Å². The molecule has 132 valence electrons. The number of hydrogen-bond acceptors (Lipinski definition) is 6. The molecule has 2 N–H and O–H groups in total. The smallest absolute Gasteiger partial charge is 0.340 e. The Balaban J connectivity index is 1.98. The minimum absolute atomic E-state index is 0.00811. The molecule has 0 aromatic heterocycles. The van der Waals surface area contributed by atoms with Gasteiger partial charge in [-0.1, -0.05) is 23.2 Å². The molecular weight excluding hydrogens is 379 g/mol. The van der Waals surface area contributed by atoms with Crippen LogP contribution >= 0.6 is 23.2 Å². The van der Waals surface area contributed by atoms with E-state index in [1.165, 1.54) is 24.1 Å². The second-order valence-electron chi connectivity index (χ2n) is 5.49. The van der Waals surface area contributed by atoms with Gasteiger partial charge in [0.1, 0.15) is 0 Å². The molecule has 1 aliphatic rings. The molecule has 1 atom stereocenters. The number of sulfone groups is 1. The number of nitrogens with two attached hydrogens (primary N) is 1. The summed E-state index contributed by atoms with van der Waals surface area (Å²) in [7, 11) is -1.63. The summed E-state index contributed by atoms with van der Waals surface area (Å²) in [5, 5.41) is 0.315. The van der Waals surface area contributed by atoms with Crippen molar-refractivity contribution in [1.82, 2.24) is 4.90 Å². The summed E-state index contributed by atoms with van der Waals surface area (Å²) in [6, 6.07) is 2.27. The van der Waals surface area contributed by atoms with Crippen LogP contribution in [0.15, 0.2) is 12.1 Å². The fraction of sp³-hybridized carbons (Fsp3) is 0.429. The number of amides is 1. The summed E-state index contributed by atoms with van der Waals surface area (Å²) in [6.07, 6.45) is 0.370. The van der Waals surface area contributed by atoms with Crippen molar-refractivity contribution < 1.29 is 22.7 Å². The van der Waals surface area contributed by atoms with E-state index in [2.05, 4.69) is 0 Å². The molecule has 1 aromatic carbocycles. The normalized spacial score (nSPS) is 19.0. The fourth-order valence-corrected chi connectivity index (χ4v) is 4.61. The Hall–Kier alpha value is -1.51. The first-order valence-corrected chi connectivity index (χ1v) is 9.56. The van der Waals surface area contributed by atoms with Crippen LogP contribution in [0.3, 0.4) is 0 Å². The highest BCUT2D eigenvalue weighted by atomic mass is 35.5. The van der Waals surface area contributed by atoms with Gasteiger partial charge in [0.05, 0.1) is 27.8 Å². The predicted octanol–water partition coefficient (Wildman–Crippen LogP) is 1.38. The Morgan fingerprint density at radius 2 is 2.04 bits per heavy atom. The minimum Gasteiger partial charge on any atom is -0.452 e. The molecule has 0 unspecified atom stereocenters. The average molecular weight is 395 g/mol. The maximum atomic E-state index is 12.1. The second-order valence-corrected chi connectivity index (χ2v) is 8.56. The zero-order chi connectivity index (χ0) is 18.1. The third-order valence-electron chi connectivity index (χ3n) is 3.79. The van der Waals surface area contributed by atoms with Crippen LogP contribution in [0.25, 0.3) is 0 Å². The molecule has 1 aromatic rings. The van der Waals surface area contributed by atoms with Gasteiger partial charge in [-0.2, -0.15) is 0 Å². The van der Waals surface area contributed by atoms with E-state index in [9.17, 15) is 18.0 Å². The van der Waals surface area contributed by atoms with Crippen LogP contribution in [0.1, 0.15) is 16.8 Å². The highest BCUT2D eigenvalue weighted by molar-refractivity contribution is 7.91. The van der Waals surface area contributed by atoms with Crippen molar-refractivity contribution in [2.24, 2.45) is 0 Å². The van der Waals surface area contributed by atoms with Crippen molar-refractivity contribution >= 4 is 50.6 Å². The van der Waals surface area contributed by atoms with E-state index in [1.807, 2.05) is 0 Å². The first kappa shape index (κ1) is 18.8. The predicted molar refractivity (Wildman–Crippen MR) is 91.0 cm³/mol. The number of halogens is 2. The Morgan fingerprint density at radius 3 is 2.62 bits per heavy atom. The first-order valence-electron chi connectivity index (χ1n) is 6.98. The third-order valence-corrected chi connectivity index (χ3v) is 6.07. The Kier molecular flexibility index (Phi) is 5.62. The maximum Gasteiger partial charge on any atom is 0.340 e. The molecule has 24 heavy (non-hydrogen) atoms. The molecule has 1 aliphatic heterocycles. The lowest BCUT2D eigenvalue weighted by atomic mass is 10.2. The van der Waals surface area contributed by atoms with Gasteiger partial charge in [0, 0.05) is 18.1 Å². The zero-order valence-corrected chi connectivity index (χ0v) is 15.1. The number of hydrogen-bond donors (Lipinski definition) is 1. The lowest BCUT2D eigenvalue weighted by Gasteiger charge is -2.23. The van der Waals surface area contributed by atoms with Gasteiger partial charge in [0.15, 0.2) is 16.4 Å². The van der Waals surface area contributed by atoms with Crippen LogP contribution in [0, 0.1) is 0 Å². The SMILES string of the molecule is CN(C(=O)COC(=O)c1cc(Cl)cc(Cl)c1N)[C@@H]1CCS(=O)(=O)C1. The maximum absolute atomic E-state index is 12.1. The largest absolute Gasteiger partial charge is 0.452 e. The Bertz CT molecular complexity index is 782. The molecule has 1 saturated heterocycles. The van der Waals surface area contributed by atoms with E-state index >= 15 is 0 Å². The summed E-state index contributed by atoms with van der Waals surface area (Å²) in [5.41, 5.74) is 5.67. The van der Waals surface area contributed by atoms with E-state index in [-0.39, 0.29) is 32.8 Å². The molecule has 1 heterocycles. The molecule has 0 spiro atoms. The third kappa shape index (κ3) is 4.31. The number of ether oxygens (including phenoxy) is 1. The fourth-order valence-electron chi connectivity index (χ4n) is 2.34. The van der Waals surface area contributed by atoms with Crippen molar-refractivity contribution in [3.63, 3.8) is 0 Å². The standard InChI is InChI=1S/C14H16Cl2N2O5S/c1-18(9-2-3-24(21,22)7-9)12(19)6-23-14(20)10-4-8(15)5-11(16)13(10)17/h4-5,9H,2-3,6-7,17H2,1H3/t9-/m1/s1. The van der Waals surface area contributed by atoms with E-state index in [1.54, 1.807) is 0 Å². The van der Waals surface area contributed by atoms with Gasteiger partial charge < -0.3 is 15.4 Å². The quantitative estimate of drug-likeness (QED) is 0.610. The molecule has 0 radical (unpaired) electrons. The summed E-state index contributed by atoms with van der Waals surface area (Å²) < 4.78 is 27.9. The molecule has 0 aliphatic carbocycles. The average Bonchev–Trinajstić information content (AvgIpc) is 2.87. The van der Waals surface area contributed by atoms with E-state index < -0.39 is 34.4 Å². The van der Waals surface area contributed by atoms with Gasteiger partial charge in [0.2, 0.25) is 0 Å². The first-order chi connectivity index (χ1) is 11.1. The van der Waals surface area contributed by atoms with Gasteiger partial charge in [-0.3, -0.25) is 4.79 Å². The van der Waals surface area contributed by atoms with Gasteiger partial charge in [-0.05, 0) is 18.6 Å². The molecule has 10 heteroatoms. The monoisotopic (exact) mass is 394 g/mol. The molecule has 2 rings (SSSR count). The summed E-state index contributed by atoms with van der Waals surface area (Å²) in [6.45, 7) is -0.532. The van der Waals surface area contributed by atoms with Crippen molar-refractivity contribution in [3.05, 3.63) is 27.7 Å². The molecule has 1 amide bonds. The van der Waals surface area contributed by atoms with E-state index in [4.69, 9.17) is 33.7 Å². The zero-order valence-electron chi connectivity index (χ0n) is 12.8. The number of nitrogens with zero attached hydrogens (tertiary/aromatic N) is 1. The van der Waals surface area contributed by atoms with Gasteiger partial charge in [0.25, 0.3) is 5.91 Å². The number of esters is 1. The van der Waals surface area contributed by atoms with Crippen LogP contribution in [0.2, 0.25) is 10.0 Å². The highest BCUT2D eigenvalue weighted by Crippen LogP contribution is 2.28. The van der Waals surface area contributed by atoms with Crippen molar-refractivity contribution in [2.75, 3.05) is 30.9 Å². The lowest BCUT2D eigenvalue weighted by molar-refractivity contribution is -0.134. The van der Waals surface area contributed by atoms with Gasteiger partial charge in [-0.25, -0.2) is 13.2 Å². The van der Waals surface area contributed by atoms with Gasteiger partial charge >= 0.3 is 5.97 Å². The molecule has 0 bridgehead atoms. The van der Waals surface area contributed by atoms with Crippen LogP contribution in [-0.4, -0.2) is 56.4 Å². The molecule has 1 fully saturated rings. The van der Waals surface area contributed by atoms with Crippen LogP contribution in [0.4, 0.5) is 5.69 Å². The summed E-state index contributed by atoms with van der Waals surface area (Å²) >= 11 is 11.7. The number of nitrogen functional groups attached to an aromatic ring is 1. The summed E-state index contributed by atoms with van der Waals surface area (Å²) in [5.74, 6) is -1.37. The Labute approximate surface area is 149 Å². The minimum atomic E-state index is -3.11. The molecule has 0 saturated carbocycles. The highest BCUT2D eigenvalue weighted by Gasteiger charge is 2.33. The lowest BCUT2D eigenvalue weighted by Crippen LogP contribution is -2.40. The number of anilines is 1. The van der Waals surface area contributed by atoms with Crippen molar-refractivity contribution in [2.45, 2.75) is 12.5 Å². The number of rotatable bonds is 4. The Morgan fingerprint density at radius 1 is 1.38 bits per heavy atom. The molecule has 7 nitrogen and oxygen atoms in total. The van der Waals surface area contributed by atoms with E-state index in [0.29, 0.717) is 6.42 Å². The van der Waals surface area contributed by atoms with Crippen molar-refractivity contribution in [3.8, 4) is 0 Å². The van der Waals surface area contributed by atoms with Crippen LogP contribution in [-0.2, 0) is 19.4 Å². The van der Waals surface area contributed by atoms with Crippen molar-refractivity contribution in [1.29, 1.82) is 0 Å². The van der Waals surface area contributed by atoms with Crippen LogP contribution < -0.4 is 5.73 Å². The number of carbonyl (C=O) groups is 2. The topological polar surface area (TPSA) is 107 Å². The summed E-state index contributed by atoms with van der Waals surface area (Å²) in [4.78, 5) is 25.4. The second kappa shape index (κ2) is 7.16.